The molecule has 0 aromatic carbocycles. The summed E-state index contributed by atoms with van der Waals surface area (Å²) in [6, 6.07) is 4.19. The van der Waals surface area contributed by atoms with E-state index in [1.165, 1.54) is 0 Å². The van der Waals surface area contributed by atoms with Gasteiger partial charge in [0.05, 0.1) is 7.11 Å². The largest absolute Gasteiger partial charge is 0.493 e. The van der Waals surface area contributed by atoms with E-state index in [1.54, 1.807) is 7.11 Å². The second-order valence-electron chi connectivity index (χ2n) is 6.55. The van der Waals surface area contributed by atoms with Crippen molar-refractivity contribution in [2.24, 2.45) is 0 Å². The molecule has 18 heavy (non-hydrogen) atoms. The van der Waals surface area contributed by atoms with Crippen LogP contribution in [0.25, 0.3) is 0 Å². The smallest absolute Gasteiger partial charge is 0.183 e. The minimum absolute atomic E-state index is 0.0834. The Morgan fingerprint density at radius 2 is 1.67 bits per heavy atom. The Hall–Kier alpha value is -1.56. The summed E-state index contributed by atoms with van der Waals surface area (Å²) in [7, 11) is 1.59. The van der Waals surface area contributed by atoms with Crippen LogP contribution in [0.5, 0.6) is 5.75 Å². The number of rotatable bonds is 1. The van der Waals surface area contributed by atoms with Gasteiger partial charge in [-0.1, -0.05) is 41.5 Å². The number of hydrogen-bond acceptors (Lipinski definition) is 3. The van der Waals surface area contributed by atoms with Crippen LogP contribution in [0.15, 0.2) is 6.07 Å². The highest BCUT2D eigenvalue weighted by Gasteiger charge is 2.26. The molecule has 0 saturated heterocycles. The Kier molecular flexibility index (Phi) is 3.71. The summed E-state index contributed by atoms with van der Waals surface area (Å²) in [5, 5.41) is 9.24. The van der Waals surface area contributed by atoms with Crippen molar-refractivity contribution in [2.45, 2.75) is 52.4 Å². The standard InChI is InChI=1S/C15H22N2O/c1-14(2,3)10-8-12(15(4,5)6)17-11(9-16)13(10)18-7/h8H,1-7H3. The number of aromatic nitrogens is 1. The lowest BCUT2D eigenvalue weighted by molar-refractivity contribution is 0.391. The van der Waals surface area contributed by atoms with Crippen molar-refractivity contribution in [1.82, 2.24) is 4.98 Å². The Morgan fingerprint density at radius 1 is 1.11 bits per heavy atom. The van der Waals surface area contributed by atoms with E-state index >= 15 is 0 Å². The molecule has 0 amide bonds. The molecular formula is C15H22N2O. The normalized spacial score (nSPS) is 12.1. The summed E-state index contributed by atoms with van der Waals surface area (Å²) in [5.74, 6) is 0.595. The molecule has 1 heterocycles. The Morgan fingerprint density at radius 3 is 2.00 bits per heavy atom. The minimum atomic E-state index is -0.0854. The van der Waals surface area contributed by atoms with E-state index in [4.69, 9.17) is 4.74 Å². The third-order valence-electron chi connectivity index (χ3n) is 2.86. The highest BCUT2D eigenvalue weighted by Crippen LogP contribution is 2.36. The van der Waals surface area contributed by atoms with Gasteiger partial charge in [0.1, 0.15) is 6.07 Å². The number of nitrogens with zero attached hydrogens (tertiary/aromatic N) is 2. The maximum absolute atomic E-state index is 9.24. The molecule has 0 fully saturated rings. The molecular weight excluding hydrogens is 224 g/mol. The van der Waals surface area contributed by atoms with Crippen molar-refractivity contribution in [1.29, 1.82) is 5.26 Å². The van der Waals surface area contributed by atoms with E-state index in [-0.39, 0.29) is 10.8 Å². The first-order valence-corrected chi connectivity index (χ1v) is 6.11. The van der Waals surface area contributed by atoms with Crippen LogP contribution < -0.4 is 4.74 Å². The van der Waals surface area contributed by atoms with Gasteiger partial charge in [-0.3, -0.25) is 0 Å². The van der Waals surface area contributed by atoms with Crippen LogP contribution in [0.3, 0.4) is 0 Å². The summed E-state index contributed by atoms with van der Waals surface area (Å²) in [6.07, 6.45) is 0. The van der Waals surface area contributed by atoms with Crippen LogP contribution in [0, 0.1) is 11.3 Å². The van der Waals surface area contributed by atoms with Crippen LogP contribution in [-0.4, -0.2) is 12.1 Å². The fraction of sp³-hybridized carbons (Fsp3) is 0.600. The summed E-state index contributed by atoms with van der Waals surface area (Å²) in [6.45, 7) is 12.6. The quantitative estimate of drug-likeness (QED) is 0.761. The molecule has 0 bridgehead atoms. The number of ether oxygens (including phenoxy) is 1. The lowest BCUT2D eigenvalue weighted by Crippen LogP contribution is -2.20. The first-order chi connectivity index (χ1) is 8.11. The molecule has 3 nitrogen and oxygen atoms in total. The second kappa shape index (κ2) is 4.61. The molecule has 0 aliphatic carbocycles. The number of methoxy groups -OCH3 is 1. The lowest BCUT2D eigenvalue weighted by atomic mass is 9.82. The van der Waals surface area contributed by atoms with E-state index in [0.29, 0.717) is 11.4 Å². The zero-order valence-corrected chi connectivity index (χ0v) is 12.4. The molecule has 0 N–H and O–H groups in total. The van der Waals surface area contributed by atoms with Gasteiger partial charge in [-0.2, -0.15) is 5.26 Å². The summed E-state index contributed by atoms with van der Waals surface area (Å²) in [4.78, 5) is 4.42. The highest BCUT2D eigenvalue weighted by atomic mass is 16.5. The maximum atomic E-state index is 9.24. The SMILES string of the molecule is COc1c(C(C)(C)C)cc(C(C)(C)C)nc1C#N. The van der Waals surface area contributed by atoms with Gasteiger partial charge in [0.2, 0.25) is 0 Å². The Bertz CT molecular complexity index is 485. The van der Waals surface area contributed by atoms with Gasteiger partial charge in [-0.05, 0) is 11.5 Å². The molecule has 3 heteroatoms. The molecule has 0 aliphatic heterocycles. The van der Waals surface area contributed by atoms with Crippen molar-refractivity contribution in [2.75, 3.05) is 7.11 Å². The second-order valence-corrected chi connectivity index (χ2v) is 6.55. The lowest BCUT2D eigenvalue weighted by Gasteiger charge is -2.26. The van der Waals surface area contributed by atoms with E-state index < -0.39 is 0 Å². The van der Waals surface area contributed by atoms with Gasteiger partial charge in [0, 0.05) is 16.7 Å². The topological polar surface area (TPSA) is 45.9 Å². The van der Waals surface area contributed by atoms with E-state index in [1.807, 2.05) is 0 Å². The van der Waals surface area contributed by atoms with Crippen molar-refractivity contribution in [3.8, 4) is 11.8 Å². The molecule has 0 unspecified atom stereocenters. The van der Waals surface area contributed by atoms with Crippen LogP contribution in [0.4, 0.5) is 0 Å². The molecule has 0 atom stereocenters. The first kappa shape index (κ1) is 14.5. The van der Waals surface area contributed by atoms with E-state index in [9.17, 15) is 5.26 Å². The Balaban J connectivity index is 3.63. The zero-order valence-electron chi connectivity index (χ0n) is 12.4. The molecule has 1 aromatic rings. The summed E-state index contributed by atoms with van der Waals surface area (Å²) < 4.78 is 5.38. The van der Waals surface area contributed by atoms with Crippen LogP contribution in [-0.2, 0) is 10.8 Å². The predicted molar refractivity (Wildman–Crippen MR) is 72.9 cm³/mol. The highest BCUT2D eigenvalue weighted by molar-refractivity contribution is 5.49. The van der Waals surface area contributed by atoms with Gasteiger partial charge in [0.15, 0.2) is 11.4 Å². The van der Waals surface area contributed by atoms with Gasteiger partial charge < -0.3 is 4.74 Å². The average molecular weight is 246 g/mol. The number of pyridine rings is 1. The summed E-state index contributed by atoms with van der Waals surface area (Å²) in [5.41, 5.74) is 2.15. The van der Waals surface area contributed by atoms with Crippen LogP contribution >= 0.6 is 0 Å². The van der Waals surface area contributed by atoms with E-state index in [0.717, 1.165) is 11.3 Å². The molecule has 0 aliphatic rings. The third-order valence-corrected chi connectivity index (χ3v) is 2.86. The molecule has 0 radical (unpaired) electrons. The maximum Gasteiger partial charge on any atom is 0.183 e. The predicted octanol–water partition coefficient (Wildman–Crippen LogP) is 3.56. The van der Waals surface area contributed by atoms with Crippen LogP contribution in [0.1, 0.15) is 58.5 Å². The summed E-state index contributed by atoms with van der Waals surface area (Å²) >= 11 is 0. The van der Waals surface area contributed by atoms with Crippen molar-refractivity contribution >= 4 is 0 Å². The molecule has 0 spiro atoms. The molecule has 1 aromatic heterocycles. The van der Waals surface area contributed by atoms with Crippen molar-refractivity contribution in [3.63, 3.8) is 0 Å². The first-order valence-electron chi connectivity index (χ1n) is 6.11. The monoisotopic (exact) mass is 246 g/mol. The van der Waals surface area contributed by atoms with Crippen LogP contribution in [0.2, 0.25) is 0 Å². The minimum Gasteiger partial charge on any atom is -0.493 e. The van der Waals surface area contributed by atoms with Gasteiger partial charge >= 0.3 is 0 Å². The van der Waals surface area contributed by atoms with Crippen molar-refractivity contribution in [3.05, 3.63) is 23.0 Å². The van der Waals surface area contributed by atoms with E-state index in [2.05, 4.69) is 58.7 Å². The third kappa shape index (κ3) is 2.81. The molecule has 1 rings (SSSR count). The van der Waals surface area contributed by atoms with Gasteiger partial charge in [-0.25, -0.2) is 4.98 Å². The van der Waals surface area contributed by atoms with Gasteiger partial charge in [-0.15, -0.1) is 0 Å². The zero-order chi connectivity index (χ0) is 14.1. The fourth-order valence-electron chi connectivity index (χ4n) is 1.76. The molecule has 98 valence electrons. The number of nitriles is 1. The average Bonchev–Trinajstić information content (AvgIpc) is 2.24. The number of hydrogen-bond donors (Lipinski definition) is 0. The molecule has 0 saturated carbocycles. The Labute approximate surface area is 110 Å². The van der Waals surface area contributed by atoms with Crippen molar-refractivity contribution < 1.29 is 4.74 Å². The van der Waals surface area contributed by atoms with Gasteiger partial charge in [0.25, 0.3) is 0 Å². The fourth-order valence-corrected chi connectivity index (χ4v) is 1.76.